The first-order valence-corrected chi connectivity index (χ1v) is 7.19. The van der Waals surface area contributed by atoms with Crippen LogP contribution < -0.4 is 5.32 Å². The largest absolute Gasteiger partial charge is 0.316 e. The second-order valence-electron chi connectivity index (χ2n) is 5.30. The molecule has 1 aromatic heterocycles. The summed E-state index contributed by atoms with van der Waals surface area (Å²) in [6, 6.07) is 2.12. The van der Waals surface area contributed by atoms with E-state index in [1.165, 1.54) is 38.2 Å². The highest BCUT2D eigenvalue weighted by atomic mass is 15.3. The molecule has 0 saturated carbocycles. The van der Waals surface area contributed by atoms with Crippen molar-refractivity contribution in [3.8, 4) is 0 Å². The topological polar surface area (TPSA) is 33.1 Å². The molecule has 1 aliphatic rings. The minimum Gasteiger partial charge on any atom is -0.316 e. The number of nitrogens with one attached hydrogen (secondary N) is 1. The van der Waals surface area contributed by atoms with Gasteiger partial charge < -0.3 is 10.2 Å². The Morgan fingerprint density at radius 1 is 1.56 bits per heavy atom. The Hall–Kier alpha value is -0.870. The Balaban J connectivity index is 1.76. The van der Waals surface area contributed by atoms with Crippen LogP contribution in [-0.2, 0) is 13.5 Å². The molecule has 1 atom stereocenters. The highest BCUT2D eigenvalue weighted by molar-refractivity contribution is 5.00. The summed E-state index contributed by atoms with van der Waals surface area (Å²) in [5.74, 6) is 0.838. The van der Waals surface area contributed by atoms with Gasteiger partial charge in [-0.3, -0.25) is 4.68 Å². The average molecular weight is 250 g/mol. The Morgan fingerprint density at radius 3 is 3.06 bits per heavy atom. The zero-order valence-electron chi connectivity index (χ0n) is 11.7. The van der Waals surface area contributed by atoms with Crippen LogP contribution in [0.1, 0.15) is 25.5 Å². The van der Waals surface area contributed by atoms with Gasteiger partial charge in [0.25, 0.3) is 0 Å². The van der Waals surface area contributed by atoms with Gasteiger partial charge in [0.2, 0.25) is 0 Å². The molecule has 0 spiro atoms. The highest BCUT2D eigenvalue weighted by Gasteiger charge is 2.16. The third-order valence-electron chi connectivity index (χ3n) is 3.97. The molecule has 0 aliphatic carbocycles. The van der Waals surface area contributed by atoms with Gasteiger partial charge in [0.1, 0.15) is 0 Å². The summed E-state index contributed by atoms with van der Waals surface area (Å²) in [7, 11) is 2.02. The molecule has 2 heterocycles. The fourth-order valence-electron chi connectivity index (χ4n) is 2.74. The van der Waals surface area contributed by atoms with Crippen molar-refractivity contribution >= 4 is 0 Å². The number of aryl methyl sites for hydroxylation is 1. The highest BCUT2D eigenvalue weighted by Crippen LogP contribution is 2.12. The molecule has 0 radical (unpaired) electrons. The van der Waals surface area contributed by atoms with E-state index < -0.39 is 0 Å². The molecular weight excluding hydrogens is 224 g/mol. The number of aromatic nitrogens is 2. The van der Waals surface area contributed by atoms with Gasteiger partial charge in [-0.2, -0.15) is 5.10 Å². The second kappa shape index (κ2) is 6.90. The molecule has 18 heavy (non-hydrogen) atoms. The van der Waals surface area contributed by atoms with Crippen molar-refractivity contribution in [3.05, 3.63) is 18.0 Å². The molecule has 0 aromatic carbocycles. The Kier molecular flexibility index (Phi) is 5.20. The minimum absolute atomic E-state index is 0.838. The summed E-state index contributed by atoms with van der Waals surface area (Å²) in [5, 5.41) is 7.73. The van der Waals surface area contributed by atoms with Crippen molar-refractivity contribution in [3.63, 3.8) is 0 Å². The first-order valence-electron chi connectivity index (χ1n) is 7.19. The first kappa shape index (κ1) is 13.6. The van der Waals surface area contributed by atoms with Gasteiger partial charge in [-0.1, -0.05) is 6.92 Å². The summed E-state index contributed by atoms with van der Waals surface area (Å²) in [6.07, 6.45) is 5.71. The maximum absolute atomic E-state index is 4.22. The van der Waals surface area contributed by atoms with E-state index in [4.69, 9.17) is 0 Å². The van der Waals surface area contributed by atoms with Gasteiger partial charge in [0, 0.05) is 38.4 Å². The monoisotopic (exact) mass is 250 g/mol. The third kappa shape index (κ3) is 3.82. The molecule has 2 rings (SSSR count). The van der Waals surface area contributed by atoms with Crippen LogP contribution in [-0.4, -0.2) is 47.4 Å². The van der Waals surface area contributed by atoms with Gasteiger partial charge in [-0.15, -0.1) is 0 Å². The van der Waals surface area contributed by atoms with E-state index in [1.54, 1.807) is 0 Å². The van der Waals surface area contributed by atoms with E-state index in [1.807, 2.05) is 17.9 Å². The molecule has 1 unspecified atom stereocenters. The molecule has 0 bridgehead atoms. The summed E-state index contributed by atoms with van der Waals surface area (Å²) >= 11 is 0. The molecule has 1 saturated heterocycles. The standard InChI is InChI=1S/C14H26N4/c1-3-18(12-13-5-4-8-15-11-13)10-7-14-6-9-16-17(14)2/h6,9,13,15H,3-5,7-8,10-12H2,1-2H3. The first-order chi connectivity index (χ1) is 8.79. The van der Waals surface area contributed by atoms with E-state index in [0.29, 0.717) is 0 Å². The van der Waals surface area contributed by atoms with Crippen molar-refractivity contribution < 1.29 is 0 Å². The normalized spacial score (nSPS) is 20.5. The third-order valence-corrected chi connectivity index (χ3v) is 3.97. The van der Waals surface area contributed by atoms with Crippen LogP contribution in [0.25, 0.3) is 0 Å². The van der Waals surface area contributed by atoms with Crippen LogP contribution in [0, 0.1) is 5.92 Å². The van der Waals surface area contributed by atoms with E-state index in [0.717, 1.165) is 25.4 Å². The van der Waals surface area contributed by atoms with Crippen LogP contribution in [0.2, 0.25) is 0 Å². The summed E-state index contributed by atoms with van der Waals surface area (Å²) in [5.41, 5.74) is 1.33. The maximum atomic E-state index is 4.22. The van der Waals surface area contributed by atoms with Gasteiger partial charge in [-0.05, 0) is 44.5 Å². The van der Waals surface area contributed by atoms with E-state index in [2.05, 4.69) is 28.3 Å². The molecule has 1 aliphatic heterocycles. The summed E-state index contributed by atoms with van der Waals surface area (Å²) < 4.78 is 1.98. The Bertz CT molecular complexity index is 341. The molecule has 0 amide bonds. The average Bonchev–Trinajstić information content (AvgIpc) is 2.81. The van der Waals surface area contributed by atoms with E-state index in [-0.39, 0.29) is 0 Å². The Morgan fingerprint density at radius 2 is 2.44 bits per heavy atom. The fourth-order valence-corrected chi connectivity index (χ4v) is 2.74. The number of hydrogen-bond acceptors (Lipinski definition) is 3. The number of nitrogens with zero attached hydrogens (tertiary/aromatic N) is 3. The molecule has 4 nitrogen and oxygen atoms in total. The van der Waals surface area contributed by atoms with Gasteiger partial charge in [0.15, 0.2) is 0 Å². The fraction of sp³-hybridized carbons (Fsp3) is 0.786. The number of likely N-dealkylation sites (N-methyl/N-ethyl adjacent to an activating group) is 1. The number of hydrogen-bond donors (Lipinski definition) is 1. The maximum Gasteiger partial charge on any atom is 0.0492 e. The van der Waals surface area contributed by atoms with Crippen LogP contribution in [0.4, 0.5) is 0 Å². The van der Waals surface area contributed by atoms with Crippen molar-refractivity contribution in [1.82, 2.24) is 20.0 Å². The minimum atomic E-state index is 0.838. The van der Waals surface area contributed by atoms with Crippen molar-refractivity contribution in [2.45, 2.75) is 26.2 Å². The van der Waals surface area contributed by atoms with E-state index >= 15 is 0 Å². The van der Waals surface area contributed by atoms with Gasteiger partial charge >= 0.3 is 0 Å². The van der Waals surface area contributed by atoms with Gasteiger partial charge in [0.05, 0.1) is 0 Å². The smallest absolute Gasteiger partial charge is 0.0492 e. The van der Waals surface area contributed by atoms with Crippen LogP contribution in [0.3, 0.4) is 0 Å². The van der Waals surface area contributed by atoms with Crippen LogP contribution in [0.5, 0.6) is 0 Å². The van der Waals surface area contributed by atoms with Gasteiger partial charge in [-0.25, -0.2) is 0 Å². The zero-order valence-corrected chi connectivity index (χ0v) is 11.7. The lowest BCUT2D eigenvalue weighted by Gasteiger charge is -2.29. The molecule has 102 valence electrons. The van der Waals surface area contributed by atoms with Crippen LogP contribution in [0.15, 0.2) is 12.3 Å². The second-order valence-corrected chi connectivity index (χ2v) is 5.30. The quantitative estimate of drug-likeness (QED) is 0.826. The van der Waals surface area contributed by atoms with Crippen molar-refractivity contribution in [2.75, 3.05) is 32.7 Å². The van der Waals surface area contributed by atoms with Crippen LogP contribution >= 0.6 is 0 Å². The van der Waals surface area contributed by atoms with E-state index in [9.17, 15) is 0 Å². The molecular formula is C14H26N4. The predicted molar refractivity (Wildman–Crippen MR) is 74.6 cm³/mol. The lowest BCUT2D eigenvalue weighted by Crippen LogP contribution is -2.39. The molecule has 1 aromatic rings. The Labute approximate surface area is 110 Å². The van der Waals surface area contributed by atoms with Crippen molar-refractivity contribution in [2.24, 2.45) is 13.0 Å². The lowest BCUT2D eigenvalue weighted by molar-refractivity contribution is 0.217. The lowest BCUT2D eigenvalue weighted by atomic mass is 9.99. The molecule has 1 fully saturated rings. The molecule has 4 heteroatoms. The number of rotatable bonds is 6. The molecule has 1 N–H and O–H groups in total. The predicted octanol–water partition coefficient (Wildman–Crippen LogP) is 1.28. The zero-order chi connectivity index (χ0) is 12.8. The number of piperidine rings is 1. The SMILES string of the molecule is CCN(CCc1ccnn1C)CC1CCCNC1. The van der Waals surface area contributed by atoms with Crippen molar-refractivity contribution in [1.29, 1.82) is 0 Å². The summed E-state index contributed by atoms with van der Waals surface area (Å²) in [6.45, 7) is 8.20. The summed E-state index contributed by atoms with van der Waals surface area (Å²) in [4.78, 5) is 2.57.